The number of carboxylic acids is 1. The molecule has 6 rings (SSSR count). The zero-order valence-electron chi connectivity index (χ0n) is 49.5. The molecule has 0 unspecified atom stereocenters. The van der Waals surface area contributed by atoms with E-state index in [9.17, 15) is 61.1 Å². The smallest absolute Gasteiger partial charge is 0.870 e. The molecular formula is C52H84F3N10NaO16S3. The van der Waals surface area contributed by atoms with Crippen molar-refractivity contribution in [3.63, 3.8) is 0 Å². The van der Waals surface area contributed by atoms with Crippen LogP contribution >= 0.6 is 36.7 Å². The van der Waals surface area contributed by atoms with Crippen molar-refractivity contribution in [1.82, 2.24) is 52.7 Å². The monoisotopic (exact) mass is 1280 g/mol. The maximum absolute atomic E-state index is 11.6. The van der Waals surface area contributed by atoms with E-state index in [4.69, 9.17) is 46.6 Å². The largest absolute Gasteiger partial charge is 1.00 e. The number of rotatable bonds is 26. The third-order valence-corrected chi connectivity index (χ3v) is 14.5. The number of hydrogen-bond donors (Lipinski definition) is 9. The molecule has 26 nitrogen and oxygen atoms in total. The number of amides is 6. The fourth-order valence-corrected chi connectivity index (χ4v) is 9.92. The molecule has 8 atom stereocenters. The number of imide groups is 2. The minimum absolute atomic E-state index is 0. The second kappa shape index (κ2) is 42.5. The third kappa shape index (κ3) is 32.9. The fraction of sp³-hybridized carbons (Fsp3) is 0.750. The Balaban J connectivity index is 0.00000104. The average Bonchev–Trinajstić information content (AvgIpc) is 4.42. The summed E-state index contributed by atoms with van der Waals surface area (Å²) in [4.78, 5) is 117. The molecule has 6 amide bonds. The van der Waals surface area contributed by atoms with E-state index in [0.717, 1.165) is 107 Å². The zero-order chi connectivity index (χ0) is 62.2. The van der Waals surface area contributed by atoms with Crippen molar-refractivity contribution in [1.29, 1.82) is 0 Å². The molecule has 0 aromatic rings. The first-order valence-corrected chi connectivity index (χ1v) is 29.2. The van der Waals surface area contributed by atoms with Crippen LogP contribution in [0, 0.1) is 0 Å². The van der Waals surface area contributed by atoms with Crippen molar-refractivity contribution in [2.75, 3.05) is 14.2 Å². The van der Waals surface area contributed by atoms with Gasteiger partial charge in [0, 0.05) is 93.7 Å². The van der Waals surface area contributed by atoms with Crippen LogP contribution < -0.4 is 72.1 Å². The molecule has 6 aliphatic heterocycles. The van der Waals surface area contributed by atoms with Crippen LogP contribution in [-0.4, -0.2) is 164 Å². The predicted molar refractivity (Wildman–Crippen MR) is 308 cm³/mol. The minimum Gasteiger partial charge on any atom is -0.870 e. The van der Waals surface area contributed by atoms with Gasteiger partial charge in [0.1, 0.15) is 0 Å². The number of ether oxygens (including phenoxy) is 2. The number of carbonyl (C=O) groups excluding carboxylic acids is 9. The molecule has 0 spiro atoms. The molecule has 0 bridgehead atoms. The summed E-state index contributed by atoms with van der Waals surface area (Å²) in [6.45, 7) is 8.31. The van der Waals surface area contributed by atoms with Gasteiger partial charge in [-0.25, -0.2) is 14.4 Å². The number of thiocarbonyl (C=S) groups is 3. The van der Waals surface area contributed by atoms with Gasteiger partial charge in [0.05, 0.1) is 20.3 Å². The Bertz CT molecular complexity index is 2160. The van der Waals surface area contributed by atoms with Crippen LogP contribution in [0.15, 0.2) is 0 Å². The molecule has 0 aliphatic carbocycles. The van der Waals surface area contributed by atoms with E-state index in [-0.39, 0.29) is 109 Å². The standard InChI is InChI=1S/C14H21N3O4S.C11H20N2O3.C11H20N2O2S.C10H18N2O2S.C6H4F3NO4.Na.H2O/c1-9-10(16-14(22)15-9)5-3-2-4-6-13(20)21-17-11(18)7-8-12(17)19;1-8-9(13-11(15)12-8)6-4-3-5-7-10(14)16-2;1-8-9(13-11(16)12-8)6-4-3-5-7-10(14)15-2;1-7-8(12-10(15)11-7)5-3-2-4-6-9(13)14;7-6(8,9)5(13)14-10-3(11)1-2-4(10)12;;/h9-10H,2-8H2,1H3,(H2,15,16,22);8-9H,3-7H2,1-2H3,(H2,12,13,15);8-9H,3-7H2,1-2H3,(H2,12,13,16);7-8H,2-6H2,1H3,(H,13,14)(H2,11,12,15);1-2H2;;1H2/q;;;;;+1;/p-1/t9-,10+;2*8-,9+;7-,8+;;;/m0000.../s1. The second-order valence-corrected chi connectivity index (χ2v) is 21.7. The predicted octanol–water partition coefficient (Wildman–Crippen LogP) is 1.54. The van der Waals surface area contributed by atoms with Gasteiger partial charge in [-0.2, -0.15) is 13.2 Å². The number of methoxy groups -OCH3 is 2. The van der Waals surface area contributed by atoms with Crippen LogP contribution in [0.5, 0.6) is 0 Å². The summed E-state index contributed by atoms with van der Waals surface area (Å²) in [6, 6.07) is 2.65. The van der Waals surface area contributed by atoms with Gasteiger partial charge in [0.25, 0.3) is 23.6 Å². The topological polar surface area (TPSA) is 361 Å². The number of aliphatic carboxylic acids is 1. The number of carboxylic acid groups (broad SMARTS) is 1. The number of alkyl halides is 3. The van der Waals surface area contributed by atoms with Gasteiger partial charge >= 0.3 is 71.6 Å². The van der Waals surface area contributed by atoms with Gasteiger partial charge < -0.3 is 72.3 Å². The van der Waals surface area contributed by atoms with Crippen LogP contribution in [0.4, 0.5) is 18.0 Å². The third-order valence-electron chi connectivity index (χ3n) is 13.8. The van der Waals surface area contributed by atoms with Gasteiger partial charge in [-0.3, -0.25) is 33.6 Å². The molecule has 6 heterocycles. The normalized spacial score (nSPS) is 22.5. The summed E-state index contributed by atoms with van der Waals surface area (Å²) in [5, 5.41) is 35.9. The molecule has 0 aromatic heterocycles. The van der Waals surface area contributed by atoms with Gasteiger partial charge in [-0.05, 0) is 116 Å². The number of nitrogens with zero attached hydrogens (tertiary/aromatic N) is 2. The van der Waals surface area contributed by atoms with Crippen molar-refractivity contribution in [3.8, 4) is 0 Å². The number of hydroxylamine groups is 4. The average molecular weight is 1280 g/mol. The van der Waals surface area contributed by atoms with E-state index < -0.39 is 47.7 Å². The van der Waals surface area contributed by atoms with Crippen LogP contribution in [-0.2, 0) is 62.3 Å². The van der Waals surface area contributed by atoms with Gasteiger partial charge in [0.15, 0.2) is 15.3 Å². The molecule has 0 aromatic carbocycles. The number of nitrogens with one attached hydrogen (secondary N) is 8. The molecule has 6 saturated heterocycles. The fourth-order valence-electron chi connectivity index (χ4n) is 8.91. The van der Waals surface area contributed by atoms with Crippen LogP contribution in [0.1, 0.15) is 182 Å². The number of unbranched alkanes of at least 4 members (excludes halogenated alkanes) is 8. The molecule has 6 aliphatic rings. The van der Waals surface area contributed by atoms with Gasteiger partial charge in [0.2, 0.25) is 0 Å². The molecule has 33 heteroatoms. The number of halogens is 3. The number of esters is 2. The van der Waals surface area contributed by atoms with E-state index in [1.807, 2.05) is 6.92 Å². The summed E-state index contributed by atoms with van der Waals surface area (Å²) in [6.07, 6.45) is 11.4. The molecule has 478 valence electrons. The molecule has 0 radical (unpaired) electrons. The van der Waals surface area contributed by atoms with E-state index in [1.165, 1.54) is 14.2 Å². The maximum Gasteiger partial charge on any atom is 1.00 e. The van der Waals surface area contributed by atoms with Crippen molar-refractivity contribution < 1.29 is 120 Å². The molecule has 85 heavy (non-hydrogen) atoms. The second-order valence-electron chi connectivity index (χ2n) is 20.5. The van der Waals surface area contributed by atoms with Crippen molar-refractivity contribution in [2.45, 2.75) is 236 Å². The number of hydrogen-bond acceptors (Lipinski definition) is 18. The summed E-state index contributed by atoms with van der Waals surface area (Å²) in [5.41, 5.74) is 0. The van der Waals surface area contributed by atoms with Crippen LogP contribution in [0.2, 0.25) is 0 Å². The molecular weight excluding hydrogens is 1200 g/mol. The van der Waals surface area contributed by atoms with E-state index >= 15 is 0 Å². The SMILES string of the molecule is COC(=O)CCCCC[C@H]1NC(=O)N[C@H]1C.COC(=O)CCCCC[C@H]1NC(=S)N[C@H]1C.C[C@@H]1NC(=S)N[C@@H]1CCCCCC(=O)O.C[C@@H]1NC(=S)N[C@@H]1CCCCCC(=O)ON1C(=O)CCC1=O.O=C1CCC(=O)N1OC(=O)C(F)(F)F.[Na+].[OH-]. The maximum atomic E-state index is 11.6. The Hall–Kier alpha value is -5.28. The Kier molecular flexibility index (Phi) is 39.9. The van der Waals surface area contributed by atoms with E-state index in [2.05, 4.69) is 77.6 Å². The minimum atomic E-state index is -5.22. The van der Waals surface area contributed by atoms with Crippen molar-refractivity contribution in [3.05, 3.63) is 0 Å². The van der Waals surface area contributed by atoms with Crippen molar-refractivity contribution >= 4 is 111 Å². The van der Waals surface area contributed by atoms with Crippen LogP contribution in [0.25, 0.3) is 0 Å². The van der Waals surface area contributed by atoms with E-state index in [1.54, 1.807) is 0 Å². The zero-order valence-corrected chi connectivity index (χ0v) is 53.9. The Labute approximate surface area is 531 Å². The molecule has 10 N–H and O–H groups in total. The summed E-state index contributed by atoms with van der Waals surface area (Å²) in [7, 11) is 2.84. The Morgan fingerprint density at radius 2 is 0.765 bits per heavy atom. The van der Waals surface area contributed by atoms with Crippen LogP contribution in [0.3, 0.4) is 0 Å². The Morgan fingerprint density at radius 3 is 1.04 bits per heavy atom. The first-order chi connectivity index (χ1) is 39.1. The first kappa shape index (κ1) is 79.7. The molecule has 0 saturated carbocycles. The van der Waals surface area contributed by atoms with Gasteiger partial charge in [-0.1, -0.05) is 51.4 Å². The van der Waals surface area contributed by atoms with E-state index in [0.29, 0.717) is 65.7 Å². The molecule has 6 fully saturated rings. The van der Waals surface area contributed by atoms with Crippen molar-refractivity contribution in [2.24, 2.45) is 0 Å². The summed E-state index contributed by atoms with van der Waals surface area (Å²) >= 11 is 15.1. The summed E-state index contributed by atoms with van der Waals surface area (Å²) in [5.74, 6) is -6.86. The quantitative estimate of drug-likeness (QED) is 0.0195. The summed E-state index contributed by atoms with van der Waals surface area (Å²) < 4.78 is 44.0. The first-order valence-electron chi connectivity index (χ1n) is 28.0. The Morgan fingerprint density at radius 1 is 0.471 bits per heavy atom. The number of urea groups is 1. The number of carbonyl (C=O) groups is 10. The van der Waals surface area contributed by atoms with Gasteiger partial charge in [-0.15, -0.1) is 10.1 Å².